The van der Waals surface area contributed by atoms with Crippen LogP contribution in [0.2, 0.25) is 0 Å². The predicted molar refractivity (Wildman–Crippen MR) is 80.3 cm³/mol. The fraction of sp³-hybridized carbons (Fsp3) is 0.588. The number of benzene rings is 1. The number of likely N-dealkylation sites (tertiary alicyclic amines) is 1. The van der Waals surface area contributed by atoms with Crippen LogP contribution < -0.4 is 4.74 Å². The molecule has 2 fully saturated rings. The van der Waals surface area contributed by atoms with Gasteiger partial charge in [0.15, 0.2) is 0 Å². The van der Waals surface area contributed by atoms with Crippen LogP contribution in [0.1, 0.15) is 31.7 Å². The molecule has 1 saturated heterocycles. The topological polar surface area (TPSA) is 49.8 Å². The molecule has 2 aliphatic rings. The first-order chi connectivity index (χ1) is 10.2. The fourth-order valence-corrected chi connectivity index (χ4v) is 3.99. The Morgan fingerprint density at radius 2 is 2.10 bits per heavy atom. The van der Waals surface area contributed by atoms with Gasteiger partial charge in [-0.2, -0.15) is 0 Å². The van der Waals surface area contributed by atoms with Gasteiger partial charge in [-0.05, 0) is 49.3 Å². The van der Waals surface area contributed by atoms with Gasteiger partial charge in [-0.3, -0.25) is 9.69 Å². The molecular formula is C17H23NO3. The van der Waals surface area contributed by atoms with Crippen LogP contribution in [0.5, 0.6) is 5.75 Å². The number of carboxylic acid groups (broad SMARTS) is 1. The molecule has 4 heteroatoms. The average Bonchev–Trinajstić information content (AvgIpc) is 3.01. The molecule has 1 N–H and O–H groups in total. The third-order valence-electron chi connectivity index (χ3n) is 4.86. The van der Waals surface area contributed by atoms with Crippen molar-refractivity contribution in [3.63, 3.8) is 0 Å². The zero-order valence-electron chi connectivity index (χ0n) is 12.5. The van der Waals surface area contributed by atoms with Crippen molar-refractivity contribution in [3.8, 4) is 5.75 Å². The molecule has 3 unspecified atom stereocenters. The summed E-state index contributed by atoms with van der Waals surface area (Å²) in [5, 5.41) is 9.56. The van der Waals surface area contributed by atoms with E-state index in [4.69, 9.17) is 4.74 Å². The van der Waals surface area contributed by atoms with Crippen LogP contribution in [0, 0.1) is 11.8 Å². The van der Waals surface area contributed by atoms with Crippen molar-refractivity contribution in [1.82, 2.24) is 4.90 Å². The van der Waals surface area contributed by atoms with E-state index in [-0.39, 0.29) is 6.04 Å². The van der Waals surface area contributed by atoms with Gasteiger partial charge >= 0.3 is 5.97 Å². The minimum Gasteiger partial charge on any atom is -0.494 e. The molecule has 114 valence electrons. The minimum atomic E-state index is -0.657. The zero-order chi connectivity index (χ0) is 14.8. The van der Waals surface area contributed by atoms with Gasteiger partial charge in [-0.1, -0.05) is 18.6 Å². The number of hydrogen-bond acceptors (Lipinski definition) is 3. The Bertz CT molecular complexity index is 499. The number of rotatable bonds is 5. The first kappa shape index (κ1) is 14.4. The van der Waals surface area contributed by atoms with E-state index < -0.39 is 5.97 Å². The maximum Gasteiger partial charge on any atom is 0.321 e. The lowest BCUT2D eigenvalue weighted by Crippen LogP contribution is -2.39. The second-order valence-electron chi connectivity index (χ2n) is 6.14. The summed E-state index contributed by atoms with van der Waals surface area (Å²) in [5.74, 6) is 1.14. The second-order valence-corrected chi connectivity index (χ2v) is 6.14. The highest BCUT2D eigenvalue weighted by atomic mass is 16.5. The standard InChI is InChI=1S/C17H23NO3/c1-2-21-14-8-6-12(7-9-14)10-18-11-13-4-3-5-15(13)16(18)17(19)20/h6-9,13,15-16H,2-5,10-11H2,1H3,(H,19,20). The summed E-state index contributed by atoms with van der Waals surface area (Å²) in [5.41, 5.74) is 1.16. The summed E-state index contributed by atoms with van der Waals surface area (Å²) in [7, 11) is 0. The third kappa shape index (κ3) is 2.91. The number of carboxylic acids is 1. The van der Waals surface area contributed by atoms with Crippen molar-refractivity contribution < 1.29 is 14.6 Å². The molecule has 3 atom stereocenters. The summed E-state index contributed by atoms with van der Waals surface area (Å²) < 4.78 is 5.44. The molecule has 0 aromatic heterocycles. The van der Waals surface area contributed by atoms with E-state index in [0.29, 0.717) is 18.4 Å². The van der Waals surface area contributed by atoms with E-state index >= 15 is 0 Å². The van der Waals surface area contributed by atoms with Crippen molar-refractivity contribution in [2.45, 2.75) is 38.8 Å². The molecule has 1 saturated carbocycles. The number of fused-ring (bicyclic) bond motifs is 1. The maximum atomic E-state index is 11.6. The Kier molecular flexibility index (Phi) is 4.15. The number of carbonyl (C=O) groups is 1. The summed E-state index contributed by atoms with van der Waals surface area (Å²) in [6.45, 7) is 4.27. The fourth-order valence-electron chi connectivity index (χ4n) is 3.99. The van der Waals surface area contributed by atoms with Gasteiger partial charge in [-0.15, -0.1) is 0 Å². The van der Waals surface area contributed by atoms with Crippen molar-refractivity contribution in [2.24, 2.45) is 11.8 Å². The molecule has 1 aliphatic carbocycles. The molecule has 1 aliphatic heterocycles. The summed E-state index contributed by atoms with van der Waals surface area (Å²) >= 11 is 0. The predicted octanol–water partition coefficient (Wildman–Crippen LogP) is 2.77. The number of ether oxygens (including phenoxy) is 1. The molecule has 0 amide bonds. The molecule has 1 aromatic carbocycles. The quantitative estimate of drug-likeness (QED) is 0.905. The molecule has 21 heavy (non-hydrogen) atoms. The van der Waals surface area contributed by atoms with Gasteiger partial charge in [0.1, 0.15) is 11.8 Å². The Morgan fingerprint density at radius 1 is 1.33 bits per heavy atom. The van der Waals surface area contributed by atoms with E-state index in [1.165, 1.54) is 12.8 Å². The van der Waals surface area contributed by atoms with E-state index in [0.717, 1.165) is 30.8 Å². The molecular weight excluding hydrogens is 266 g/mol. The summed E-state index contributed by atoms with van der Waals surface area (Å²) in [4.78, 5) is 13.8. The molecule has 0 spiro atoms. The Morgan fingerprint density at radius 3 is 2.76 bits per heavy atom. The zero-order valence-corrected chi connectivity index (χ0v) is 12.5. The van der Waals surface area contributed by atoms with Crippen molar-refractivity contribution in [1.29, 1.82) is 0 Å². The van der Waals surface area contributed by atoms with E-state index in [1.54, 1.807) is 0 Å². The lowest BCUT2D eigenvalue weighted by molar-refractivity contribution is -0.143. The van der Waals surface area contributed by atoms with Gasteiger partial charge in [0.05, 0.1) is 6.61 Å². The van der Waals surface area contributed by atoms with Crippen molar-refractivity contribution in [3.05, 3.63) is 29.8 Å². The molecule has 3 rings (SSSR count). The van der Waals surface area contributed by atoms with E-state index in [2.05, 4.69) is 4.90 Å². The largest absolute Gasteiger partial charge is 0.494 e. The summed E-state index contributed by atoms with van der Waals surface area (Å²) in [6, 6.07) is 7.71. The van der Waals surface area contributed by atoms with Crippen LogP contribution in [0.3, 0.4) is 0 Å². The Labute approximate surface area is 125 Å². The molecule has 1 aromatic rings. The monoisotopic (exact) mass is 289 g/mol. The van der Waals surface area contributed by atoms with Gasteiger partial charge in [0.2, 0.25) is 0 Å². The Balaban J connectivity index is 1.70. The van der Waals surface area contributed by atoms with Crippen LogP contribution in [0.4, 0.5) is 0 Å². The highest BCUT2D eigenvalue weighted by Crippen LogP contribution is 2.42. The highest BCUT2D eigenvalue weighted by Gasteiger charge is 2.47. The number of nitrogens with zero attached hydrogens (tertiary/aromatic N) is 1. The second kappa shape index (κ2) is 6.06. The van der Waals surface area contributed by atoms with Crippen LogP contribution in [-0.4, -0.2) is 35.2 Å². The first-order valence-corrected chi connectivity index (χ1v) is 7.87. The molecule has 0 bridgehead atoms. The molecule has 0 radical (unpaired) electrons. The lowest BCUT2D eigenvalue weighted by Gasteiger charge is -2.24. The van der Waals surface area contributed by atoms with Crippen LogP contribution in [0.15, 0.2) is 24.3 Å². The molecule has 4 nitrogen and oxygen atoms in total. The summed E-state index contributed by atoms with van der Waals surface area (Å²) in [6.07, 6.45) is 3.45. The number of hydrogen-bond donors (Lipinski definition) is 1. The minimum absolute atomic E-state index is 0.302. The Hall–Kier alpha value is -1.55. The SMILES string of the molecule is CCOc1ccc(CN2CC3CCCC3C2C(=O)O)cc1. The van der Waals surface area contributed by atoms with Gasteiger partial charge in [0.25, 0.3) is 0 Å². The van der Waals surface area contributed by atoms with Gasteiger partial charge in [-0.25, -0.2) is 0 Å². The molecule has 1 heterocycles. The highest BCUT2D eigenvalue weighted by molar-refractivity contribution is 5.74. The first-order valence-electron chi connectivity index (χ1n) is 7.87. The van der Waals surface area contributed by atoms with Crippen LogP contribution in [0.25, 0.3) is 0 Å². The third-order valence-corrected chi connectivity index (χ3v) is 4.86. The van der Waals surface area contributed by atoms with Crippen LogP contribution >= 0.6 is 0 Å². The lowest BCUT2D eigenvalue weighted by atomic mass is 9.94. The average molecular weight is 289 g/mol. The van der Waals surface area contributed by atoms with Gasteiger partial charge in [0, 0.05) is 13.1 Å². The van der Waals surface area contributed by atoms with E-state index in [1.807, 2.05) is 31.2 Å². The maximum absolute atomic E-state index is 11.6. The van der Waals surface area contributed by atoms with Crippen molar-refractivity contribution >= 4 is 5.97 Å². The number of aliphatic carboxylic acids is 1. The van der Waals surface area contributed by atoms with Crippen LogP contribution in [-0.2, 0) is 11.3 Å². The van der Waals surface area contributed by atoms with E-state index in [9.17, 15) is 9.90 Å². The van der Waals surface area contributed by atoms with Crippen molar-refractivity contribution in [2.75, 3.05) is 13.2 Å². The van der Waals surface area contributed by atoms with Gasteiger partial charge < -0.3 is 9.84 Å². The smallest absolute Gasteiger partial charge is 0.321 e. The normalized spacial score (nSPS) is 28.5.